The molecule has 0 spiro atoms. The first-order chi connectivity index (χ1) is 10.8. The Morgan fingerprint density at radius 1 is 1.30 bits per heavy atom. The molecule has 23 heavy (non-hydrogen) atoms. The van der Waals surface area contributed by atoms with E-state index in [2.05, 4.69) is 10.5 Å². The lowest BCUT2D eigenvalue weighted by Gasteiger charge is -2.19. The summed E-state index contributed by atoms with van der Waals surface area (Å²) in [7, 11) is 0. The quantitative estimate of drug-likeness (QED) is 0.837. The number of benzene rings is 1. The summed E-state index contributed by atoms with van der Waals surface area (Å²) in [6.45, 7) is 5.97. The van der Waals surface area contributed by atoms with E-state index < -0.39 is 11.7 Å². The summed E-state index contributed by atoms with van der Waals surface area (Å²) < 4.78 is 15.7. The molecule has 0 radical (unpaired) electrons. The number of nitrogens with one attached hydrogen (secondary N) is 1. The van der Waals surface area contributed by atoms with Gasteiger partial charge in [0.2, 0.25) is 0 Å². The van der Waals surface area contributed by atoms with Crippen molar-refractivity contribution in [3.63, 3.8) is 0 Å². The van der Waals surface area contributed by atoms with Crippen molar-refractivity contribution in [3.8, 4) is 17.2 Å². The first-order valence-electron chi connectivity index (χ1n) is 7.16. The molecule has 0 fully saturated rings. The summed E-state index contributed by atoms with van der Waals surface area (Å²) in [5, 5.41) is 7.06. The fourth-order valence-corrected chi connectivity index (χ4v) is 1.83. The summed E-state index contributed by atoms with van der Waals surface area (Å²) in [6.07, 6.45) is -0.483. The first-order valence-corrected chi connectivity index (χ1v) is 7.53. The molecular weight excluding hydrogens is 320 g/mol. The van der Waals surface area contributed by atoms with Crippen LogP contribution in [0.5, 0.6) is 5.88 Å². The van der Waals surface area contributed by atoms with Crippen molar-refractivity contribution in [2.75, 3.05) is 13.2 Å². The van der Waals surface area contributed by atoms with Crippen molar-refractivity contribution in [1.29, 1.82) is 0 Å². The van der Waals surface area contributed by atoms with Crippen molar-refractivity contribution >= 4 is 17.7 Å². The van der Waals surface area contributed by atoms with E-state index in [-0.39, 0.29) is 6.61 Å². The Balaban J connectivity index is 1.77. The van der Waals surface area contributed by atoms with Gasteiger partial charge in [-0.2, -0.15) is 0 Å². The number of hydrogen-bond donors (Lipinski definition) is 1. The predicted octanol–water partition coefficient (Wildman–Crippen LogP) is 3.90. The first kappa shape index (κ1) is 17.1. The summed E-state index contributed by atoms with van der Waals surface area (Å²) in [4.78, 5) is 11.5. The van der Waals surface area contributed by atoms with Gasteiger partial charge in [0.05, 0.1) is 6.54 Å². The molecule has 2 rings (SSSR count). The van der Waals surface area contributed by atoms with Crippen LogP contribution in [0.2, 0.25) is 5.02 Å². The van der Waals surface area contributed by atoms with E-state index in [9.17, 15) is 4.79 Å². The lowest BCUT2D eigenvalue weighted by Crippen LogP contribution is -2.34. The zero-order valence-corrected chi connectivity index (χ0v) is 14.0. The van der Waals surface area contributed by atoms with Crippen LogP contribution >= 0.6 is 11.6 Å². The number of alkyl carbamates (subject to hydrolysis) is 1. The number of rotatable bonds is 5. The molecule has 0 aliphatic rings. The highest BCUT2D eigenvalue weighted by Crippen LogP contribution is 2.24. The van der Waals surface area contributed by atoms with E-state index in [0.717, 1.165) is 5.56 Å². The molecule has 124 valence electrons. The zero-order valence-electron chi connectivity index (χ0n) is 13.3. The van der Waals surface area contributed by atoms with Gasteiger partial charge in [0.1, 0.15) is 12.2 Å². The molecule has 1 aromatic heterocycles. The molecule has 1 aromatic carbocycles. The van der Waals surface area contributed by atoms with Crippen LogP contribution in [0.25, 0.3) is 11.3 Å². The van der Waals surface area contributed by atoms with Gasteiger partial charge >= 0.3 is 6.09 Å². The minimum atomic E-state index is -0.523. The van der Waals surface area contributed by atoms with Crippen molar-refractivity contribution in [2.45, 2.75) is 26.4 Å². The molecule has 0 saturated heterocycles. The molecule has 1 N–H and O–H groups in total. The van der Waals surface area contributed by atoms with Gasteiger partial charge in [0, 0.05) is 16.7 Å². The molecule has 0 aliphatic carbocycles. The normalized spacial score (nSPS) is 11.1. The van der Waals surface area contributed by atoms with Gasteiger partial charge in [0.15, 0.2) is 5.76 Å². The van der Waals surface area contributed by atoms with Crippen molar-refractivity contribution in [2.24, 2.45) is 0 Å². The van der Waals surface area contributed by atoms with Crippen molar-refractivity contribution < 1.29 is 18.8 Å². The van der Waals surface area contributed by atoms with Gasteiger partial charge in [-0.3, -0.25) is 0 Å². The average Bonchev–Trinajstić information content (AvgIpc) is 2.91. The minimum Gasteiger partial charge on any atom is -0.474 e. The van der Waals surface area contributed by atoms with Gasteiger partial charge < -0.3 is 19.3 Å². The number of aromatic nitrogens is 1. The van der Waals surface area contributed by atoms with Crippen LogP contribution in [-0.4, -0.2) is 30.0 Å². The molecule has 2 aromatic rings. The molecule has 0 aliphatic heterocycles. The fourth-order valence-electron chi connectivity index (χ4n) is 1.70. The summed E-state index contributed by atoms with van der Waals surface area (Å²) in [5.41, 5.74) is 0.327. The van der Waals surface area contributed by atoms with Crippen LogP contribution in [0.3, 0.4) is 0 Å². The van der Waals surface area contributed by atoms with Gasteiger partial charge in [-0.05, 0) is 50.2 Å². The molecule has 1 heterocycles. The Morgan fingerprint density at radius 2 is 2.00 bits per heavy atom. The Morgan fingerprint density at radius 3 is 2.65 bits per heavy atom. The highest BCUT2D eigenvalue weighted by molar-refractivity contribution is 6.30. The third kappa shape index (κ3) is 5.83. The topological polar surface area (TPSA) is 73.6 Å². The van der Waals surface area contributed by atoms with Gasteiger partial charge in [-0.1, -0.05) is 11.6 Å². The number of carbonyl (C=O) groups is 1. The highest BCUT2D eigenvalue weighted by Gasteiger charge is 2.15. The monoisotopic (exact) mass is 338 g/mol. The Hall–Kier alpha value is -2.21. The molecular formula is C16H19ClN2O4. The smallest absolute Gasteiger partial charge is 0.407 e. The predicted molar refractivity (Wildman–Crippen MR) is 86.7 cm³/mol. The number of amides is 1. The van der Waals surface area contributed by atoms with Crippen LogP contribution in [0.15, 0.2) is 34.9 Å². The molecule has 1 amide bonds. The van der Waals surface area contributed by atoms with Crippen LogP contribution < -0.4 is 10.1 Å². The van der Waals surface area contributed by atoms with E-state index >= 15 is 0 Å². The zero-order chi connectivity index (χ0) is 16.9. The Bertz CT molecular complexity index is 647. The van der Waals surface area contributed by atoms with Crippen molar-refractivity contribution in [3.05, 3.63) is 35.4 Å². The second-order valence-corrected chi connectivity index (χ2v) is 6.25. The third-order valence-corrected chi connectivity index (χ3v) is 2.89. The third-order valence-electron chi connectivity index (χ3n) is 2.64. The maximum atomic E-state index is 11.5. The molecule has 0 bridgehead atoms. The van der Waals surface area contributed by atoms with E-state index in [1.54, 1.807) is 39.0 Å². The number of nitrogens with zero attached hydrogens (tertiary/aromatic N) is 1. The molecule has 0 saturated carbocycles. The maximum absolute atomic E-state index is 11.5. The number of ether oxygens (including phenoxy) is 2. The van der Waals surface area contributed by atoms with Crippen LogP contribution in [0.4, 0.5) is 4.79 Å². The lowest BCUT2D eigenvalue weighted by molar-refractivity contribution is 0.0519. The fraction of sp³-hybridized carbons (Fsp3) is 0.375. The van der Waals surface area contributed by atoms with Crippen molar-refractivity contribution in [1.82, 2.24) is 10.5 Å². The lowest BCUT2D eigenvalue weighted by atomic mass is 10.2. The second kappa shape index (κ2) is 7.37. The summed E-state index contributed by atoms with van der Waals surface area (Å²) in [6, 6.07) is 8.87. The van der Waals surface area contributed by atoms with Crippen LogP contribution in [-0.2, 0) is 4.74 Å². The maximum Gasteiger partial charge on any atom is 0.407 e. The Kier molecular flexibility index (Phi) is 5.50. The van der Waals surface area contributed by atoms with Gasteiger partial charge in [-0.25, -0.2) is 4.79 Å². The second-order valence-electron chi connectivity index (χ2n) is 5.81. The Labute approximate surface area is 139 Å². The molecule has 0 unspecified atom stereocenters. The number of hydrogen-bond acceptors (Lipinski definition) is 5. The number of halogens is 1. The van der Waals surface area contributed by atoms with E-state index in [4.69, 9.17) is 25.6 Å². The minimum absolute atomic E-state index is 0.256. The van der Waals surface area contributed by atoms with E-state index in [1.807, 2.05) is 12.1 Å². The number of carbonyl (C=O) groups excluding carboxylic acids is 1. The molecule has 6 nitrogen and oxygen atoms in total. The van der Waals surface area contributed by atoms with E-state index in [0.29, 0.717) is 23.2 Å². The highest BCUT2D eigenvalue weighted by atomic mass is 35.5. The molecule has 7 heteroatoms. The largest absolute Gasteiger partial charge is 0.474 e. The van der Waals surface area contributed by atoms with Crippen LogP contribution in [0.1, 0.15) is 20.8 Å². The SMILES string of the molecule is CC(C)(C)OC(=O)NCCOc1cc(-c2ccc(Cl)cc2)on1. The van der Waals surface area contributed by atoms with Gasteiger partial charge in [0.25, 0.3) is 5.88 Å². The summed E-state index contributed by atoms with van der Waals surface area (Å²) >= 11 is 5.84. The van der Waals surface area contributed by atoms with Gasteiger partial charge in [-0.15, -0.1) is 0 Å². The standard InChI is InChI=1S/C16H19ClN2O4/c1-16(2,3)22-15(20)18-8-9-21-14-10-13(23-19-14)11-4-6-12(17)7-5-11/h4-7,10H,8-9H2,1-3H3,(H,18,20). The summed E-state index contributed by atoms with van der Waals surface area (Å²) in [5.74, 6) is 0.928. The average molecular weight is 339 g/mol. The van der Waals surface area contributed by atoms with E-state index in [1.165, 1.54) is 0 Å². The molecule has 0 atom stereocenters. The van der Waals surface area contributed by atoms with Crippen LogP contribution in [0, 0.1) is 0 Å².